The van der Waals surface area contributed by atoms with Gasteiger partial charge in [0.1, 0.15) is 18.1 Å². The molecule has 3 N–H and O–H groups in total. The molecule has 0 radical (unpaired) electrons. The molecule has 1 heterocycles. The predicted molar refractivity (Wildman–Crippen MR) is 132 cm³/mol. The van der Waals surface area contributed by atoms with Gasteiger partial charge in [0.15, 0.2) is 0 Å². The molecule has 2 aromatic carbocycles. The monoisotopic (exact) mass is 470 g/mol. The summed E-state index contributed by atoms with van der Waals surface area (Å²) in [7, 11) is 4.98. The van der Waals surface area contributed by atoms with Crippen molar-refractivity contribution >= 4 is 23.3 Å². The van der Waals surface area contributed by atoms with Crippen molar-refractivity contribution in [1.82, 2.24) is 10.2 Å². The van der Waals surface area contributed by atoms with Gasteiger partial charge in [-0.05, 0) is 37.1 Å². The summed E-state index contributed by atoms with van der Waals surface area (Å²) in [5, 5.41) is 9.02. The van der Waals surface area contributed by atoms with Gasteiger partial charge in [0, 0.05) is 56.8 Å². The van der Waals surface area contributed by atoms with Crippen molar-refractivity contribution in [2.75, 3.05) is 51.6 Å². The molecule has 3 atom stereocenters. The van der Waals surface area contributed by atoms with Gasteiger partial charge >= 0.3 is 6.03 Å². The Balaban J connectivity index is 1.79. The van der Waals surface area contributed by atoms with Gasteiger partial charge in [-0.1, -0.05) is 13.0 Å². The van der Waals surface area contributed by atoms with Crippen LogP contribution in [0.25, 0.3) is 0 Å². The number of likely N-dealkylation sites (N-methyl/N-ethyl adjacent to an activating group) is 1. The van der Waals surface area contributed by atoms with E-state index in [0.29, 0.717) is 41.6 Å². The molecule has 0 saturated heterocycles. The highest BCUT2D eigenvalue weighted by Gasteiger charge is 2.25. The molecule has 9 heteroatoms. The van der Waals surface area contributed by atoms with Gasteiger partial charge in [0.05, 0.1) is 18.8 Å². The Morgan fingerprint density at radius 2 is 1.85 bits per heavy atom. The van der Waals surface area contributed by atoms with Crippen molar-refractivity contribution in [1.29, 1.82) is 0 Å². The number of hydrogen-bond donors (Lipinski definition) is 3. The Morgan fingerprint density at radius 3 is 2.56 bits per heavy atom. The first-order valence-corrected chi connectivity index (χ1v) is 11.3. The zero-order chi connectivity index (χ0) is 24.7. The number of ether oxygens (including phenoxy) is 3. The third kappa shape index (κ3) is 6.61. The molecule has 0 aliphatic carbocycles. The molecule has 1 aliphatic heterocycles. The number of carbonyl (C=O) groups excluding carboxylic acids is 2. The van der Waals surface area contributed by atoms with E-state index in [4.69, 9.17) is 14.2 Å². The van der Waals surface area contributed by atoms with E-state index < -0.39 is 6.03 Å². The molecule has 0 unspecified atom stereocenters. The lowest BCUT2D eigenvalue weighted by Gasteiger charge is -2.30. The molecule has 3 rings (SSSR count). The largest absolute Gasteiger partial charge is 0.497 e. The van der Waals surface area contributed by atoms with E-state index in [9.17, 15) is 9.59 Å². The lowest BCUT2D eigenvalue weighted by Crippen LogP contribution is -2.44. The first kappa shape index (κ1) is 25.3. The fourth-order valence-electron chi connectivity index (χ4n) is 3.73. The third-order valence-corrected chi connectivity index (χ3v) is 5.81. The van der Waals surface area contributed by atoms with Crippen molar-refractivity contribution < 1.29 is 23.8 Å². The summed E-state index contributed by atoms with van der Waals surface area (Å²) in [6, 6.07) is 11.7. The van der Waals surface area contributed by atoms with Gasteiger partial charge in [-0.25, -0.2) is 4.79 Å². The maximum atomic E-state index is 13.2. The Hall–Kier alpha value is -3.30. The number of rotatable bonds is 4. The Morgan fingerprint density at radius 1 is 1.12 bits per heavy atom. The standard InChI is InChI=1S/C25H34N4O5/c1-16-13-26-17(2)15-34-22-12-19(9-10-21(22)24(30)29(3)14-23(16)33-5)28-25(31)27-18-7-6-8-20(11-18)32-4/h6-12,16-17,23,26H,13-15H2,1-5H3,(H2,27,28,31)/t16-,17+,23+/m1/s1. The zero-order valence-electron chi connectivity index (χ0n) is 20.4. The second-order valence-electron chi connectivity index (χ2n) is 8.58. The molecule has 1 aliphatic rings. The summed E-state index contributed by atoms with van der Waals surface area (Å²) in [6.45, 7) is 5.69. The number of benzene rings is 2. The van der Waals surface area contributed by atoms with Crippen molar-refractivity contribution in [3.63, 3.8) is 0 Å². The third-order valence-electron chi connectivity index (χ3n) is 5.81. The van der Waals surface area contributed by atoms with E-state index >= 15 is 0 Å². The predicted octanol–water partition coefficient (Wildman–Crippen LogP) is 3.43. The van der Waals surface area contributed by atoms with Crippen LogP contribution in [0, 0.1) is 5.92 Å². The smallest absolute Gasteiger partial charge is 0.323 e. The highest BCUT2D eigenvalue weighted by molar-refractivity contribution is 6.01. The topological polar surface area (TPSA) is 101 Å². The number of urea groups is 1. The number of hydrogen-bond acceptors (Lipinski definition) is 6. The lowest BCUT2D eigenvalue weighted by molar-refractivity contribution is 0.0281. The summed E-state index contributed by atoms with van der Waals surface area (Å²) < 4.78 is 16.9. The molecule has 3 amide bonds. The van der Waals surface area contributed by atoms with Crippen LogP contribution in [-0.4, -0.2) is 69.9 Å². The van der Waals surface area contributed by atoms with Crippen molar-refractivity contribution in [3.8, 4) is 11.5 Å². The van der Waals surface area contributed by atoms with Crippen LogP contribution in [-0.2, 0) is 4.74 Å². The van der Waals surface area contributed by atoms with Gasteiger partial charge in [0.25, 0.3) is 5.91 Å². The van der Waals surface area contributed by atoms with Crippen LogP contribution in [0.1, 0.15) is 24.2 Å². The molecule has 2 aromatic rings. The van der Waals surface area contributed by atoms with Crippen molar-refractivity contribution in [2.24, 2.45) is 5.92 Å². The molecular formula is C25H34N4O5. The number of amides is 3. The van der Waals surface area contributed by atoms with Crippen LogP contribution in [0.15, 0.2) is 42.5 Å². The van der Waals surface area contributed by atoms with E-state index in [2.05, 4.69) is 22.9 Å². The molecule has 0 spiro atoms. The van der Waals surface area contributed by atoms with Crippen LogP contribution < -0.4 is 25.4 Å². The molecule has 0 bridgehead atoms. The summed E-state index contributed by atoms with van der Waals surface area (Å²) in [4.78, 5) is 27.4. The fourth-order valence-corrected chi connectivity index (χ4v) is 3.73. The Labute approximate surface area is 200 Å². The molecule has 0 fully saturated rings. The maximum absolute atomic E-state index is 13.2. The van der Waals surface area contributed by atoms with Crippen LogP contribution in [0.4, 0.5) is 16.2 Å². The summed E-state index contributed by atoms with van der Waals surface area (Å²) in [5.41, 5.74) is 1.53. The van der Waals surface area contributed by atoms with E-state index in [1.807, 2.05) is 6.92 Å². The molecule has 184 valence electrons. The number of methoxy groups -OCH3 is 2. The van der Waals surface area contributed by atoms with Gasteiger partial charge in [0.2, 0.25) is 0 Å². The van der Waals surface area contributed by atoms with Crippen LogP contribution in [0.5, 0.6) is 11.5 Å². The van der Waals surface area contributed by atoms with Crippen molar-refractivity contribution in [2.45, 2.75) is 26.0 Å². The molecule has 0 aromatic heterocycles. The molecule has 34 heavy (non-hydrogen) atoms. The van der Waals surface area contributed by atoms with Crippen LogP contribution in [0.2, 0.25) is 0 Å². The van der Waals surface area contributed by atoms with Crippen molar-refractivity contribution in [3.05, 3.63) is 48.0 Å². The maximum Gasteiger partial charge on any atom is 0.323 e. The number of anilines is 2. The van der Waals surface area contributed by atoms with E-state index in [1.165, 1.54) is 0 Å². The fraction of sp³-hybridized carbons (Fsp3) is 0.440. The highest BCUT2D eigenvalue weighted by atomic mass is 16.5. The normalized spacial score (nSPS) is 21.4. The minimum atomic E-state index is -0.420. The number of fused-ring (bicyclic) bond motifs is 1. The second kappa shape index (κ2) is 11.7. The Bertz CT molecular complexity index is 999. The average Bonchev–Trinajstić information content (AvgIpc) is 2.83. The van der Waals surface area contributed by atoms with E-state index in [0.717, 1.165) is 6.54 Å². The number of nitrogens with zero attached hydrogens (tertiary/aromatic N) is 1. The minimum Gasteiger partial charge on any atom is -0.497 e. The highest BCUT2D eigenvalue weighted by Crippen LogP contribution is 2.26. The first-order valence-electron chi connectivity index (χ1n) is 11.3. The molecule has 9 nitrogen and oxygen atoms in total. The van der Waals surface area contributed by atoms with Gasteiger partial charge in [-0.15, -0.1) is 0 Å². The summed E-state index contributed by atoms with van der Waals surface area (Å²) >= 11 is 0. The quantitative estimate of drug-likeness (QED) is 0.633. The lowest BCUT2D eigenvalue weighted by atomic mass is 10.0. The van der Waals surface area contributed by atoms with Gasteiger partial charge in [-0.2, -0.15) is 0 Å². The van der Waals surface area contributed by atoms with Crippen LogP contribution in [0.3, 0.4) is 0 Å². The van der Waals surface area contributed by atoms with Gasteiger partial charge in [-0.3, -0.25) is 4.79 Å². The SMILES string of the molecule is COc1cccc(NC(=O)Nc2ccc3c(c2)OC[C@H](C)NC[C@@H](C)[C@@H](OC)CN(C)C3=O)c1. The van der Waals surface area contributed by atoms with Gasteiger partial charge < -0.3 is 35.1 Å². The number of carbonyl (C=O) groups is 2. The minimum absolute atomic E-state index is 0.0630. The van der Waals surface area contributed by atoms with E-state index in [1.54, 1.807) is 68.6 Å². The molecule has 0 saturated carbocycles. The average molecular weight is 471 g/mol. The summed E-state index contributed by atoms with van der Waals surface area (Å²) in [5.74, 6) is 1.10. The summed E-state index contributed by atoms with van der Waals surface area (Å²) in [6.07, 6.45) is -0.0984. The van der Waals surface area contributed by atoms with E-state index in [-0.39, 0.29) is 24.0 Å². The number of nitrogens with one attached hydrogen (secondary N) is 3. The Kier molecular flexibility index (Phi) is 8.72. The molecular weight excluding hydrogens is 436 g/mol. The second-order valence-corrected chi connectivity index (χ2v) is 8.58. The van der Waals surface area contributed by atoms with Crippen LogP contribution >= 0.6 is 0 Å². The zero-order valence-corrected chi connectivity index (χ0v) is 20.4. The first-order chi connectivity index (χ1) is 16.3.